The van der Waals surface area contributed by atoms with Crippen LogP contribution in [0, 0.1) is 0 Å². The number of benzene rings is 2. The van der Waals surface area contributed by atoms with Crippen LogP contribution in [-0.2, 0) is 4.79 Å². The summed E-state index contributed by atoms with van der Waals surface area (Å²) in [6, 6.07) is 15.0. The zero-order valence-corrected chi connectivity index (χ0v) is 14.5. The van der Waals surface area contributed by atoms with Crippen molar-refractivity contribution in [3.8, 4) is 0 Å². The number of nitrogens with zero attached hydrogens (tertiary/aromatic N) is 2. The standard InChI is InChI=1S/C18H16ClN3OS/c1-2-10-22(14-6-4-3-5-7-14)17(23)12-24-18-20-15-9-8-13(19)11-16(15)21-18/h2-9,11H,1,10,12H2,(H,20,21). The van der Waals surface area contributed by atoms with Gasteiger partial charge >= 0.3 is 0 Å². The molecular weight excluding hydrogens is 342 g/mol. The molecule has 3 rings (SSSR count). The summed E-state index contributed by atoms with van der Waals surface area (Å²) in [6.07, 6.45) is 1.72. The van der Waals surface area contributed by atoms with Crippen LogP contribution in [-0.4, -0.2) is 28.2 Å². The molecule has 0 fully saturated rings. The van der Waals surface area contributed by atoms with Crippen LogP contribution in [0.5, 0.6) is 0 Å². The molecule has 0 bridgehead atoms. The Morgan fingerprint density at radius 2 is 2.08 bits per heavy atom. The van der Waals surface area contributed by atoms with E-state index in [1.807, 2.05) is 42.5 Å². The van der Waals surface area contributed by atoms with Crippen LogP contribution in [0.4, 0.5) is 5.69 Å². The summed E-state index contributed by atoms with van der Waals surface area (Å²) in [5.41, 5.74) is 2.56. The first-order valence-electron chi connectivity index (χ1n) is 7.42. The summed E-state index contributed by atoms with van der Waals surface area (Å²) in [4.78, 5) is 21.9. The van der Waals surface area contributed by atoms with E-state index in [2.05, 4.69) is 16.5 Å². The lowest BCUT2D eigenvalue weighted by Crippen LogP contribution is -2.32. The second kappa shape index (κ2) is 7.55. The minimum absolute atomic E-state index is 0.00425. The molecule has 6 heteroatoms. The Labute approximate surface area is 149 Å². The van der Waals surface area contributed by atoms with E-state index in [9.17, 15) is 4.79 Å². The number of carbonyl (C=O) groups is 1. The first-order chi connectivity index (χ1) is 11.7. The van der Waals surface area contributed by atoms with Crippen LogP contribution >= 0.6 is 23.4 Å². The number of rotatable bonds is 6. The molecule has 0 aliphatic rings. The van der Waals surface area contributed by atoms with Crippen molar-refractivity contribution in [2.75, 3.05) is 17.2 Å². The highest BCUT2D eigenvalue weighted by atomic mass is 35.5. The van der Waals surface area contributed by atoms with E-state index in [4.69, 9.17) is 11.6 Å². The van der Waals surface area contributed by atoms with Crippen LogP contribution < -0.4 is 4.90 Å². The zero-order valence-electron chi connectivity index (χ0n) is 12.9. The number of amides is 1. The van der Waals surface area contributed by atoms with Gasteiger partial charge in [0.15, 0.2) is 5.16 Å². The van der Waals surface area contributed by atoms with Crippen molar-refractivity contribution in [2.24, 2.45) is 0 Å². The zero-order chi connectivity index (χ0) is 16.9. The average Bonchev–Trinajstić information content (AvgIpc) is 3.00. The van der Waals surface area contributed by atoms with Crippen LogP contribution in [0.15, 0.2) is 66.3 Å². The van der Waals surface area contributed by atoms with Crippen molar-refractivity contribution < 1.29 is 4.79 Å². The Kier molecular flexibility index (Phi) is 5.23. The lowest BCUT2D eigenvalue weighted by molar-refractivity contribution is -0.116. The fourth-order valence-electron chi connectivity index (χ4n) is 2.32. The van der Waals surface area contributed by atoms with Gasteiger partial charge in [0.25, 0.3) is 0 Å². The van der Waals surface area contributed by atoms with Gasteiger partial charge in [-0.2, -0.15) is 0 Å². The molecule has 0 unspecified atom stereocenters. The van der Waals surface area contributed by atoms with E-state index >= 15 is 0 Å². The van der Waals surface area contributed by atoms with E-state index in [-0.39, 0.29) is 11.7 Å². The maximum absolute atomic E-state index is 12.6. The van der Waals surface area contributed by atoms with Gasteiger partial charge < -0.3 is 9.88 Å². The maximum atomic E-state index is 12.6. The molecule has 2 aromatic carbocycles. The normalized spacial score (nSPS) is 10.7. The Morgan fingerprint density at radius 1 is 1.29 bits per heavy atom. The number of aromatic nitrogens is 2. The number of H-pyrrole nitrogens is 1. The Hall–Kier alpha value is -2.24. The fourth-order valence-corrected chi connectivity index (χ4v) is 3.26. The molecule has 0 aliphatic carbocycles. The summed E-state index contributed by atoms with van der Waals surface area (Å²) < 4.78 is 0. The molecule has 1 N–H and O–H groups in total. The van der Waals surface area contributed by atoms with Gasteiger partial charge in [0, 0.05) is 17.3 Å². The van der Waals surface area contributed by atoms with Crippen molar-refractivity contribution in [1.29, 1.82) is 0 Å². The van der Waals surface area contributed by atoms with E-state index in [0.29, 0.717) is 16.7 Å². The number of imidazole rings is 1. The van der Waals surface area contributed by atoms with Crippen LogP contribution in [0.2, 0.25) is 5.02 Å². The van der Waals surface area contributed by atoms with Crippen LogP contribution in [0.1, 0.15) is 0 Å². The number of halogens is 1. The molecule has 4 nitrogen and oxygen atoms in total. The minimum Gasteiger partial charge on any atom is -0.333 e. The molecule has 0 spiro atoms. The van der Waals surface area contributed by atoms with Gasteiger partial charge in [0.2, 0.25) is 5.91 Å². The number of hydrogen-bond acceptors (Lipinski definition) is 3. The fraction of sp³-hybridized carbons (Fsp3) is 0.111. The topological polar surface area (TPSA) is 49.0 Å². The molecule has 24 heavy (non-hydrogen) atoms. The first kappa shape index (κ1) is 16.6. The van der Waals surface area contributed by atoms with Crippen molar-refractivity contribution in [3.63, 3.8) is 0 Å². The van der Waals surface area contributed by atoms with Gasteiger partial charge in [-0.3, -0.25) is 4.79 Å². The lowest BCUT2D eigenvalue weighted by Gasteiger charge is -2.20. The summed E-state index contributed by atoms with van der Waals surface area (Å²) in [6.45, 7) is 4.20. The number of thioether (sulfide) groups is 1. The second-order valence-electron chi connectivity index (χ2n) is 5.12. The summed E-state index contributed by atoms with van der Waals surface area (Å²) in [7, 11) is 0. The third kappa shape index (κ3) is 3.80. The molecule has 0 saturated carbocycles. The van der Waals surface area contributed by atoms with Gasteiger partial charge in [-0.25, -0.2) is 4.98 Å². The Morgan fingerprint density at radius 3 is 2.83 bits per heavy atom. The molecule has 0 atom stereocenters. The number of fused-ring (bicyclic) bond motifs is 1. The number of anilines is 1. The van der Waals surface area contributed by atoms with Gasteiger partial charge in [-0.15, -0.1) is 6.58 Å². The number of aromatic amines is 1. The van der Waals surface area contributed by atoms with Crippen molar-refractivity contribution in [3.05, 3.63) is 66.2 Å². The number of para-hydroxylation sites is 1. The third-order valence-corrected chi connectivity index (χ3v) is 4.53. The molecular formula is C18H16ClN3OS. The van der Waals surface area contributed by atoms with Crippen LogP contribution in [0.25, 0.3) is 11.0 Å². The smallest absolute Gasteiger partial charge is 0.237 e. The van der Waals surface area contributed by atoms with Gasteiger partial charge in [0.05, 0.1) is 16.8 Å². The Bertz CT molecular complexity index is 863. The van der Waals surface area contributed by atoms with E-state index in [0.717, 1.165) is 16.7 Å². The molecule has 1 aromatic heterocycles. The summed E-state index contributed by atoms with van der Waals surface area (Å²) in [5.74, 6) is 0.292. The minimum atomic E-state index is 0.00425. The monoisotopic (exact) mass is 357 g/mol. The highest BCUT2D eigenvalue weighted by molar-refractivity contribution is 7.99. The molecule has 1 heterocycles. The average molecular weight is 358 g/mol. The quantitative estimate of drug-likeness (QED) is 0.521. The van der Waals surface area contributed by atoms with Gasteiger partial charge in [0.1, 0.15) is 0 Å². The third-order valence-electron chi connectivity index (χ3n) is 3.44. The largest absolute Gasteiger partial charge is 0.333 e. The predicted octanol–water partition coefficient (Wildman–Crippen LogP) is 4.53. The van der Waals surface area contributed by atoms with Gasteiger partial charge in [-0.05, 0) is 30.3 Å². The molecule has 122 valence electrons. The van der Waals surface area contributed by atoms with Crippen molar-refractivity contribution in [1.82, 2.24) is 9.97 Å². The number of hydrogen-bond donors (Lipinski definition) is 1. The molecule has 0 aliphatic heterocycles. The highest BCUT2D eigenvalue weighted by Gasteiger charge is 2.15. The van der Waals surface area contributed by atoms with E-state index in [1.165, 1.54) is 11.8 Å². The molecule has 3 aromatic rings. The second-order valence-corrected chi connectivity index (χ2v) is 6.52. The van der Waals surface area contributed by atoms with E-state index in [1.54, 1.807) is 17.0 Å². The number of nitrogens with one attached hydrogen (secondary N) is 1. The van der Waals surface area contributed by atoms with E-state index < -0.39 is 0 Å². The van der Waals surface area contributed by atoms with Crippen molar-refractivity contribution in [2.45, 2.75) is 5.16 Å². The predicted molar refractivity (Wildman–Crippen MR) is 101 cm³/mol. The maximum Gasteiger partial charge on any atom is 0.237 e. The number of carbonyl (C=O) groups excluding carboxylic acids is 1. The summed E-state index contributed by atoms with van der Waals surface area (Å²) >= 11 is 7.35. The summed E-state index contributed by atoms with van der Waals surface area (Å²) in [5, 5.41) is 1.35. The lowest BCUT2D eigenvalue weighted by atomic mass is 10.3. The first-order valence-corrected chi connectivity index (χ1v) is 8.78. The molecule has 0 saturated heterocycles. The van der Waals surface area contributed by atoms with Crippen molar-refractivity contribution >= 4 is 46.0 Å². The SMILES string of the molecule is C=CCN(C(=O)CSc1nc2ccc(Cl)cc2[nH]1)c1ccccc1. The molecule has 1 amide bonds. The molecule has 0 radical (unpaired) electrons. The van der Waals surface area contributed by atoms with Gasteiger partial charge in [-0.1, -0.05) is 47.6 Å². The Balaban J connectivity index is 1.71. The highest BCUT2D eigenvalue weighted by Crippen LogP contribution is 2.23. The van der Waals surface area contributed by atoms with Crippen LogP contribution in [0.3, 0.4) is 0 Å².